The number of pyridine rings is 1. The van der Waals surface area contributed by atoms with E-state index in [-0.39, 0.29) is 11.9 Å². The summed E-state index contributed by atoms with van der Waals surface area (Å²) in [6.07, 6.45) is 3.68. The first-order valence-corrected chi connectivity index (χ1v) is 8.00. The monoisotopic (exact) mass is 350 g/mol. The highest BCUT2D eigenvalue weighted by Gasteiger charge is 2.15. The van der Waals surface area contributed by atoms with Crippen LogP contribution in [-0.2, 0) is 6.42 Å². The minimum atomic E-state index is -0.231. The number of rotatable bonds is 6. The van der Waals surface area contributed by atoms with Crippen LogP contribution in [0.4, 0.5) is 4.39 Å². The van der Waals surface area contributed by atoms with Crippen LogP contribution in [0.5, 0.6) is 0 Å². The van der Waals surface area contributed by atoms with Crippen LogP contribution in [0.25, 0.3) is 0 Å². The molecule has 0 aliphatic rings. The zero-order valence-corrected chi connectivity index (χ0v) is 14.0. The lowest BCUT2D eigenvalue weighted by atomic mass is 10.00. The molecule has 1 heterocycles. The van der Waals surface area contributed by atoms with Gasteiger partial charge in [0.05, 0.1) is 16.2 Å². The van der Waals surface area contributed by atoms with Gasteiger partial charge in [0.1, 0.15) is 5.82 Å². The Morgan fingerprint density at radius 2 is 2.14 bits per heavy atom. The summed E-state index contributed by atoms with van der Waals surface area (Å²) in [7, 11) is 0. The van der Waals surface area contributed by atoms with Gasteiger partial charge in [-0.05, 0) is 71.6 Å². The van der Waals surface area contributed by atoms with Crippen molar-refractivity contribution < 1.29 is 4.39 Å². The van der Waals surface area contributed by atoms with Crippen LogP contribution in [0.1, 0.15) is 36.2 Å². The molecule has 0 aliphatic heterocycles. The molecule has 1 aromatic carbocycles. The van der Waals surface area contributed by atoms with Gasteiger partial charge in [-0.1, -0.05) is 19.1 Å². The topological polar surface area (TPSA) is 24.9 Å². The van der Waals surface area contributed by atoms with Gasteiger partial charge in [0, 0.05) is 6.20 Å². The molecule has 4 heteroatoms. The smallest absolute Gasteiger partial charge is 0.137 e. The molecule has 2 nitrogen and oxygen atoms in total. The van der Waals surface area contributed by atoms with E-state index in [0.29, 0.717) is 4.47 Å². The minimum absolute atomic E-state index is 0.142. The minimum Gasteiger partial charge on any atom is -0.308 e. The second-order valence-corrected chi connectivity index (χ2v) is 6.02. The molecule has 1 N–H and O–H groups in total. The summed E-state index contributed by atoms with van der Waals surface area (Å²) >= 11 is 3.25. The summed E-state index contributed by atoms with van der Waals surface area (Å²) in [6.45, 7) is 5.15. The highest BCUT2D eigenvalue weighted by Crippen LogP contribution is 2.23. The average molecular weight is 351 g/mol. The second kappa shape index (κ2) is 7.66. The molecule has 0 aliphatic carbocycles. The van der Waals surface area contributed by atoms with E-state index in [1.807, 2.05) is 24.4 Å². The van der Waals surface area contributed by atoms with E-state index in [1.54, 1.807) is 0 Å². The highest BCUT2D eigenvalue weighted by molar-refractivity contribution is 9.10. The van der Waals surface area contributed by atoms with E-state index in [9.17, 15) is 4.39 Å². The largest absolute Gasteiger partial charge is 0.308 e. The van der Waals surface area contributed by atoms with Crippen molar-refractivity contribution >= 4 is 15.9 Å². The SMILES string of the molecule is CCCNC(Cc1ccc(F)c(Br)c1)c1ncccc1C. The third-order valence-corrected chi connectivity index (χ3v) is 4.05. The Morgan fingerprint density at radius 3 is 2.81 bits per heavy atom. The normalized spacial score (nSPS) is 12.4. The molecule has 1 unspecified atom stereocenters. The fourth-order valence-corrected chi connectivity index (χ4v) is 2.78. The number of benzene rings is 1. The summed E-state index contributed by atoms with van der Waals surface area (Å²) in [5.74, 6) is -0.231. The van der Waals surface area contributed by atoms with Crippen molar-refractivity contribution in [1.82, 2.24) is 10.3 Å². The number of nitrogens with zero attached hydrogens (tertiary/aromatic N) is 1. The van der Waals surface area contributed by atoms with E-state index in [4.69, 9.17) is 0 Å². The maximum atomic E-state index is 13.4. The van der Waals surface area contributed by atoms with E-state index >= 15 is 0 Å². The lowest BCUT2D eigenvalue weighted by Gasteiger charge is -2.20. The quantitative estimate of drug-likeness (QED) is 0.824. The first kappa shape index (κ1) is 16.1. The van der Waals surface area contributed by atoms with E-state index in [2.05, 4.69) is 46.1 Å². The molecule has 0 radical (unpaired) electrons. The van der Waals surface area contributed by atoms with Gasteiger partial charge in [-0.15, -0.1) is 0 Å². The zero-order chi connectivity index (χ0) is 15.2. The van der Waals surface area contributed by atoms with Crippen LogP contribution in [-0.4, -0.2) is 11.5 Å². The van der Waals surface area contributed by atoms with Crippen LogP contribution in [0.3, 0.4) is 0 Å². The third-order valence-electron chi connectivity index (χ3n) is 3.44. The van der Waals surface area contributed by atoms with Gasteiger partial charge in [0.15, 0.2) is 0 Å². The van der Waals surface area contributed by atoms with Gasteiger partial charge >= 0.3 is 0 Å². The lowest BCUT2D eigenvalue weighted by Crippen LogP contribution is -2.25. The van der Waals surface area contributed by atoms with Crippen molar-refractivity contribution in [2.45, 2.75) is 32.7 Å². The number of hydrogen-bond acceptors (Lipinski definition) is 2. The van der Waals surface area contributed by atoms with Crippen molar-refractivity contribution in [2.24, 2.45) is 0 Å². The molecule has 0 saturated carbocycles. The maximum absolute atomic E-state index is 13.4. The summed E-state index contributed by atoms with van der Waals surface area (Å²) in [5, 5.41) is 3.54. The molecular formula is C17H20BrFN2. The molecule has 0 saturated heterocycles. The zero-order valence-electron chi connectivity index (χ0n) is 12.4. The fourth-order valence-electron chi connectivity index (χ4n) is 2.35. The van der Waals surface area contributed by atoms with Gasteiger partial charge in [0.25, 0.3) is 0 Å². The molecule has 1 aromatic heterocycles. The molecule has 21 heavy (non-hydrogen) atoms. The van der Waals surface area contributed by atoms with Crippen molar-refractivity contribution in [1.29, 1.82) is 0 Å². The summed E-state index contributed by atoms with van der Waals surface area (Å²) < 4.78 is 13.9. The van der Waals surface area contributed by atoms with Gasteiger partial charge in [-0.25, -0.2) is 4.39 Å². The second-order valence-electron chi connectivity index (χ2n) is 5.16. The molecule has 0 spiro atoms. The van der Waals surface area contributed by atoms with Crippen molar-refractivity contribution in [3.63, 3.8) is 0 Å². The van der Waals surface area contributed by atoms with Gasteiger partial charge < -0.3 is 5.32 Å². The predicted molar refractivity (Wildman–Crippen MR) is 87.8 cm³/mol. The van der Waals surface area contributed by atoms with Gasteiger partial charge in [-0.3, -0.25) is 4.98 Å². The molecule has 0 amide bonds. The summed E-state index contributed by atoms with van der Waals surface area (Å²) in [6, 6.07) is 9.34. The Labute approximate surface area is 133 Å². The molecule has 0 fully saturated rings. The van der Waals surface area contributed by atoms with Crippen LogP contribution in [0.15, 0.2) is 41.0 Å². The average Bonchev–Trinajstić information content (AvgIpc) is 2.48. The molecule has 2 aromatic rings. The summed E-state index contributed by atoms with van der Waals surface area (Å²) in [5.41, 5.74) is 3.32. The van der Waals surface area contributed by atoms with Crippen LogP contribution in [0.2, 0.25) is 0 Å². The predicted octanol–water partition coefficient (Wildman–Crippen LogP) is 4.58. The van der Waals surface area contributed by atoms with E-state index < -0.39 is 0 Å². The van der Waals surface area contributed by atoms with Crippen molar-refractivity contribution in [3.8, 4) is 0 Å². The van der Waals surface area contributed by atoms with Crippen LogP contribution in [0, 0.1) is 12.7 Å². The van der Waals surface area contributed by atoms with Gasteiger partial charge in [-0.2, -0.15) is 0 Å². The highest BCUT2D eigenvalue weighted by atomic mass is 79.9. The summed E-state index contributed by atoms with van der Waals surface area (Å²) in [4.78, 5) is 4.52. The maximum Gasteiger partial charge on any atom is 0.137 e. The Kier molecular flexibility index (Phi) is 5.88. The number of aromatic nitrogens is 1. The Balaban J connectivity index is 2.24. The van der Waals surface area contributed by atoms with E-state index in [1.165, 1.54) is 11.6 Å². The molecule has 112 valence electrons. The van der Waals surface area contributed by atoms with Crippen LogP contribution >= 0.6 is 15.9 Å². The Bertz CT molecular complexity index is 601. The Hall–Kier alpha value is -1.26. The number of aryl methyl sites for hydroxylation is 1. The number of nitrogens with one attached hydrogen (secondary N) is 1. The van der Waals surface area contributed by atoms with Crippen molar-refractivity contribution in [2.75, 3.05) is 6.54 Å². The van der Waals surface area contributed by atoms with E-state index in [0.717, 1.165) is 30.6 Å². The fraction of sp³-hybridized carbons (Fsp3) is 0.353. The first-order chi connectivity index (χ1) is 10.1. The van der Waals surface area contributed by atoms with Crippen molar-refractivity contribution in [3.05, 3.63) is 63.6 Å². The molecule has 1 atom stereocenters. The lowest BCUT2D eigenvalue weighted by molar-refractivity contribution is 0.514. The molecule has 2 rings (SSSR count). The standard InChI is InChI=1S/C17H20BrFN2/c1-3-8-20-16(17-12(2)5-4-9-21-17)11-13-6-7-15(19)14(18)10-13/h4-7,9-10,16,20H,3,8,11H2,1-2H3. The Morgan fingerprint density at radius 1 is 1.33 bits per heavy atom. The van der Waals surface area contributed by atoms with Crippen LogP contribution < -0.4 is 5.32 Å². The van der Waals surface area contributed by atoms with Gasteiger partial charge in [0.2, 0.25) is 0 Å². The first-order valence-electron chi connectivity index (χ1n) is 7.20. The number of hydrogen-bond donors (Lipinski definition) is 1. The number of halogens is 2. The molecular weight excluding hydrogens is 331 g/mol. The third kappa shape index (κ3) is 4.35. The molecule has 0 bridgehead atoms.